The minimum Gasteiger partial charge on any atom is -0.376 e. The molecule has 1 aliphatic heterocycles. The summed E-state index contributed by atoms with van der Waals surface area (Å²) in [6, 6.07) is 4.76. The van der Waals surface area contributed by atoms with Gasteiger partial charge in [-0.15, -0.1) is 11.3 Å². The maximum atomic E-state index is 5.67. The number of imidazole rings is 1. The van der Waals surface area contributed by atoms with Crippen molar-refractivity contribution in [3.63, 3.8) is 0 Å². The summed E-state index contributed by atoms with van der Waals surface area (Å²) in [6.07, 6.45) is 3.96. The lowest BCUT2D eigenvalue weighted by molar-refractivity contribution is -0.0339. The molecule has 0 aliphatic carbocycles. The van der Waals surface area contributed by atoms with E-state index < -0.39 is 0 Å². The standard InChI is InChI=1S/C15H22N4OS/c1-12-11-19(6-7-20-12)13(14-3-2-8-21-14)9-16-10-15-17-4-5-18-15/h2-5,8,12-13,16H,6-7,9-11H2,1H3,(H,17,18)/t12-,13+/m1/s1. The van der Waals surface area contributed by atoms with Gasteiger partial charge in [0.2, 0.25) is 0 Å². The molecule has 0 amide bonds. The third-order valence-corrected chi connectivity index (χ3v) is 4.74. The van der Waals surface area contributed by atoms with Gasteiger partial charge in [0.25, 0.3) is 0 Å². The maximum Gasteiger partial charge on any atom is 0.120 e. The van der Waals surface area contributed by atoms with E-state index in [9.17, 15) is 0 Å². The second-order valence-corrected chi connectivity index (χ2v) is 6.35. The molecule has 3 rings (SSSR count). The lowest BCUT2D eigenvalue weighted by Crippen LogP contribution is -2.45. The second kappa shape index (κ2) is 7.17. The number of hydrogen-bond donors (Lipinski definition) is 2. The Bertz CT molecular complexity index is 514. The molecule has 2 aromatic heterocycles. The Hall–Kier alpha value is -1.21. The van der Waals surface area contributed by atoms with Crippen LogP contribution in [-0.4, -0.2) is 47.2 Å². The van der Waals surface area contributed by atoms with Gasteiger partial charge in [0.05, 0.1) is 25.3 Å². The molecule has 21 heavy (non-hydrogen) atoms. The first kappa shape index (κ1) is 14.7. The minimum absolute atomic E-state index is 0.311. The summed E-state index contributed by atoms with van der Waals surface area (Å²) in [5, 5.41) is 5.67. The molecule has 0 bridgehead atoms. The first-order chi connectivity index (χ1) is 10.3. The van der Waals surface area contributed by atoms with Gasteiger partial charge >= 0.3 is 0 Å². The molecular weight excluding hydrogens is 284 g/mol. The largest absolute Gasteiger partial charge is 0.376 e. The van der Waals surface area contributed by atoms with E-state index in [4.69, 9.17) is 4.74 Å². The number of rotatable bonds is 6. The molecule has 0 spiro atoms. The van der Waals surface area contributed by atoms with E-state index >= 15 is 0 Å². The molecule has 0 radical (unpaired) electrons. The normalized spacial score (nSPS) is 21.5. The van der Waals surface area contributed by atoms with Gasteiger partial charge in [-0.05, 0) is 18.4 Å². The average molecular weight is 306 g/mol. The van der Waals surface area contributed by atoms with Crippen LogP contribution in [0, 0.1) is 0 Å². The van der Waals surface area contributed by atoms with Crippen molar-refractivity contribution in [3.05, 3.63) is 40.6 Å². The Morgan fingerprint density at radius 2 is 2.57 bits per heavy atom. The molecule has 2 N–H and O–H groups in total. The topological polar surface area (TPSA) is 53.2 Å². The summed E-state index contributed by atoms with van der Waals surface area (Å²) in [6.45, 7) is 6.65. The molecular formula is C15H22N4OS. The number of H-pyrrole nitrogens is 1. The van der Waals surface area contributed by atoms with Crippen molar-refractivity contribution in [1.29, 1.82) is 0 Å². The number of nitrogens with zero attached hydrogens (tertiary/aromatic N) is 2. The molecule has 2 atom stereocenters. The summed E-state index contributed by atoms with van der Waals surface area (Å²) in [4.78, 5) is 11.3. The van der Waals surface area contributed by atoms with E-state index in [0.717, 1.165) is 38.6 Å². The number of morpholine rings is 1. The number of aromatic nitrogens is 2. The van der Waals surface area contributed by atoms with Gasteiger partial charge in [-0.25, -0.2) is 4.98 Å². The SMILES string of the molecule is C[C@@H]1CN([C@@H](CNCc2ncc[nH]2)c2cccs2)CCO1. The van der Waals surface area contributed by atoms with Gasteiger partial charge in [0.15, 0.2) is 0 Å². The molecule has 1 saturated heterocycles. The van der Waals surface area contributed by atoms with Crippen LogP contribution in [0.1, 0.15) is 23.7 Å². The van der Waals surface area contributed by atoms with Gasteiger partial charge in [-0.2, -0.15) is 0 Å². The Morgan fingerprint density at radius 3 is 3.29 bits per heavy atom. The van der Waals surface area contributed by atoms with E-state index in [-0.39, 0.29) is 0 Å². The molecule has 1 fully saturated rings. The van der Waals surface area contributed by atoms with Crippen LogP contribution in [0.5, 0.6) is 0 Å². The molecule has 0 saturated carbocycles. The molecule has 2 aromatic rings. The Balaban J connectivity index is 1.62. The third-order valence-electron chi connectivity index (χ3n) is 3.77. The zero-order chi connectivity index (χ0) is 14.5. The molecule has 0 unspecified atom stereocenters. The zero-order valence-electron chi connectivity index (χ0n) is 12.3. The smallest absolute Gasteiger partial charge is 0.120 e. The van der Waals surface area contributed by atoms with E-state index in [1.165, 1.54) is 4.88 Å². The molecule has 3 heterocycles. The van der Waals surface area contributed by atoms with E-state index in [1.807, 2.05) is 17.5 Å². The molecule has 1 aliphatic rings. The van der Waals surface area contributed by atoms with Crippen LogP contribution in [0.4, 0.5) is 0 Å². The number of ether oxygens (including phenoxy) is 1. The lowest BCUT2D eigenvalue weighted by atomic mass is 10.1. The Kier molecular flexibility index (Phi) is 5.03. The highest BCUT2D eigenvalue weighted by Gasteiger charge is 2.25. The van der Waals surface area contributed by atoms with Gasteiger partial charge in [-0.1, -0.05) is 6.07 Å². The van der Waals surface area contributed by atoms with Gasteiger partial charge in [0.1, 0.15) is 5.82 Å². The third kappa shape index (κ3) is 3.91. The highest BCUT2D eigenvalue weighted by molar-refractivity contribution is 7.10. The van der Waals surface area contributed by atoms with Crippen molar-refractivity contribution in [1.82, 2.24) is 20.2 Å². The summed E-state index contributed by atoms with van der Waals surface area (Å²) in [5.74, 6) is 0.982. The zero-order valence-corrected chi connectivity index (χ0v) is 13.1. The number of aromatic amines is 1. The fourth-order valence-electron chi connectivity index (χ4n) is 2.74. The summed E-state index contributed by atoms with van der Waals surface area (Å²) in [7, 11) is 0. The monoisotopic (exact) mass is 306 g/mol. The second-order valence-electron chi connectivity index (χ2n) is 5.37. The van der Waals surface area contributed by atoms with Gasteiger partial charge in [0, 0.05) is 36.9 Å². The fraction of sp³-hybridized carbons (Fsp3) is 0.533. The fourth-order valence-corrected chi connectivity index (χ4v) is 3.60. The quantitative estimate of drug-likeness (QED) is 0.857. The summed E-state index contributed by atoms with van der Waals surface area (Å²) >= 11 is 1.83. The predicted molar refractivity (Wildman–Crippen MR) is 84.3 cm³/mol. The summed E-state index contributed by atoms with van der Waals surface area (Å²) < 4.78 is 5.67. The van der Waals surface area contributed by atoms with Crippen LogP contribution in [0.3, 0.4) is 0 Å². The van der Waals surface area contributed by atoms with Crippen molar-refractivity contribution >= 4 is 11.3 Å². The average Bonchev–Trinajstić information content (AvgIpc) is 3.17. The Labute approximate surface area is 129 Å². The van der Waals surface area contributed by atoms with Gasteiger partial charge < -0.3 is 15.0 Å². The van der Waals surface area contributed by atoms with E-state index in [2.05, 4.69) is 44.6 Å². The van der Waals surface area contributed by atoms with Crippen LogP contribution in [-0.2, 0) is 11.3 Å². The van der Waals surface area contributed by atoms with Crippen molar-refractivity contribution < 1.29 is 4.74 Å². The molecule has 5 nitrogen and oxygen atoms in total. The van der Waals surface area contributed by atoms with Crippen LogP contribution >= 0.6 is 11.3 Å². The number of hydrogen-bond acceptors (Lipinski definition) is 5. The molecule has 114 valence electrons. The van der Waals surface area contributed by atoms with Crippen LogP contribution in [0.15, 0.2) is 29.9 Å². The van der Waals surface area contributed by atoms with Gasteiger partial charge in [-0.3, -0.25) is 4.90 Å². The molecule has 6 heteroatoms. The lowest BCUT2D eigenvalue weighted by Gasteiger charge is -2.37. The number of thiophene rings is 1. The number of nitrogens with one attached hydrogen (secondary N) is 2. The molecule has 0 aromatic carbocycles. The van der Waals surface area contributed by atoms with Crippen molar-refractivity contribution in [2.75, 3.05) is 26.2 Å². The van der Waals surface area contributed by atoms with E-state index in [0.29, 0.717) is 12.1 Å². The predicted octanol–water partition coefficient (Wildman–Crippen LogP) is 2.02. The van der Waals surface area contributed by atoms with Crippen molar-refractivity contribution in [3.8, 4) is 0 Å². The Morgan fingerprint density at radius 1 is 1.62 bits per heavy atom. The minimum atomic E-state index is 0.311. The van der Waals surface area contributed by atoms with E-state index in [1.54, 1.807) is 6.20 Å². The first-order valence-electron chi connectivity index (χ1n) is 7.41. The summed E-state index contributed by atoms with van der Waals surface area (Å²) in [5.41, 5.74) is 0. The van der Waals surface area contributed by atoms with Crippen molar-refractivity contribution in [2.24, 2.45) is 0 Å². The van der Waals surface area contributed by atoms with Crippen LogP contribution < -0.4 is 5.32 Å². The van der Waals surface area contributed by atoms with Crippen LogP contribution in [0.2, 0.25) is 0 Å². The maximum absolute atomic E-state index is 5.67. The highest BCUT2D eigenvalue weighted by atomic mass is 32.1. The van der Waals surface area contributed by atoms with Crippen molar-refractivity contribution in [2.45, 2.75) is 25.6 Å². The van der Waals surface area contributed by atoms with Crippen LogP contribution in [0.25, 0.3) is 0 Å². The highest BCUT2D eigenvalue weighted by Crippen LogP contribution is 2.26. The first-order valence-corrected chi connectivity index (χ1v) is 8.29.